The third-order valence-corrected chi connectivity index (χ3v) is 4.42. The molecule has 2 heterocycles. The first-order chi connectivity index (χ1) is 11.7. The van der Waals surface area contributed by atoms with Crippen molar-refractivity contribution in [3.63, 3.8) is 0 Å². The Kier molecular flexibility index (Phi) is 5.60. The van der Waals surface area contributed by atoms with Gasteiger partial charge in [0.05, 0.1) is 11.7 Å². The van der Waals surface area contributed by atoms with Crippen molar-refractivity contribution in [3.05, 3.63) is 24.3 Å². The molecule has 8 heteroatoms. The maximum absolute atomic E-state index is 13.7. The van der Waals surface area contributed by atoms with Gasteiger partial charge < -0.3 is 5.32 Å². The van der Waals surface area contributed by atoms with Crippen molar-refractivity contribution in [3.8, 4) is 6.19 Å². The number of rotatable bonds is 2. The summed E-state index contributed by atoms with van der Waals surface area (Å²) in [6.07, 6.45) is 5.05. The van der Waals surface area contributed by atoms with Crippen LogP contribution in [0.5, 0.6) is 0 Å². The van der Waals surface area contributed by atoms with Crippen molar-refractivity contribution in [1.82, 2.24) is 15.4 Å². The smallest absolute Gasteiger partial charge is 0.236 e. The van der Waals surface area contributed by atoms with Crippen LogP contribution < -0.4 is 10.6 Å². The molecule has 135 valence electrons. The quantitative estimate of drug-likeness (QED) is 0.282. The fourth-order valence-corrected chi connectivity index (χ4v) is 3.25. The van der Waals surface area contributed by atoms with E-state index < -0.39 is 17.0 Å². The standard InChI is InChI=1S/C17H24FN6O/c1-16(2)8-7-12(10-17(3,4)24(16)25)22-15(21-11-19)23-13-6-5-9-20-14(13)18/h5-6,9,12H,7-8,10H2,1-4H3,(H2,21,22,23). The number of hydrogen-bond acceptors (Lipinski definition) is 4. The first-order valence-corrected chi connectivity index (χ1v) is 8.23. The highest BCUT2D eigenvalue weighted by Gasteiger charge is 2.43. The number of halogens is 1. The summed E-state index contributed by atoms with van der Waals surface area (Å²) in [4.78, 5) is 8.09. The van der Waals surface area contributed by atoms with E-state index in [1.165, 1.54) is 12.3 Å². The molecule has 0 saturated carbocycles. The second kappa shape index (κ2) is 7.33. The van der Waals surface area contributed by atoms with Crippen LogP contribution in [0.4, 0.5) is 10.1 Å². The van der Waals surface area contributed by atoms with Gasteiger partial charge in [-0.05, 0) is 59.1 Å². The van der Waals surface area contributed by atoms with Crippen molar-refractivity contribution in [2.24, 2.45) is 4.99 Å². The molecule has 1 unspecified atom stereocenters. The number of hydrogen-bond donors (Lipinski definition) is 2. The van der Waals surface area contributed by atoms with Crippen LogP contribution in [0.2, 0.25) is 0 Å². The van der Waals surface area contributed by atoms with Gasteiger partial charge in [0, 0.05) is 17.3 Å². The lowest BCUT2D eigenvalue weighted by Crippen LogP contribution is -2.51. The zero-order chi connectivity index (χ0) is 18.7. The van der Waals surface area contributed by atoms with Gasteiger partial charge in [-0.15, -0.1) is 10.3 Å². The van der Waals surface area contributed by atoms with Crippen molar-refractivity contribution < 1.29 is 9.60 Å². The van der Waals surface area contributed by atoms with Gasteiger partial charge in [0.1, 0.15) is 0 Å². The Hall–Kier alpha value is -2.24. The first kappa shape index (κ1) is 19.1. The van der Waals surface area contributed by atoms with Gasteiger partial charge in [-0.1, -0.05) is 0 Å². The molecule has 0 spiro atoms. The van der Waals surface area contributed by atoms with Gasteiger partial charge in [0.25, 0.3) is 0 Å². The summed E-state index contributed by atoms with van der Waals surface area (Å²) in [7, 11) is 0. The van der Waals surface area contributed by atoms with Crippen LogP contribution in [0, 0.1) is 17.4 Å². The fraction of sp³-hybridized carbons (Fsp3) is 0.588. The topological polar surface area (TPSA) is 96.2 Å². The molecule has 1 aromatic rings. The van der Waals surface area contributed by atoms with Crippen LogP contribution in [0.3, 0.4) is 0 Å². The van der Waals surface area contributed by atoms with Gasteiger partial charge in [-0.2, -0.15) is 9.65 Å². The van der Waals surface area contributed by atoms with E-state index in [1.807, 2.05) is 27.7 Å². The predicted octanol–water partition coefficient (Wildman–Crippen LogP) is 2.82. The molecule has 0 aromatic carbocycles. The van der Waals surface area contributed by atoms with E-state index in [1.54, 1.807) is 12.3 Å². The molecular formula is C17H24FN6O. The number of aliphatic imine (C=N–C) groups is 1. The van der Waals surface area contributed by atoms with Crippen LogP contribution in [0.15, 0.2) is 23.3 Å². The fourth-order valence-electron chi connectivity index (χ4n) is 3.25. The highest BCUT2D eigenvalue weighted by atomic mass is 19.1. The molecule has 2 rings (SSSR count). The van der Waals surface area contributed by atoms with E-state index in [0.29, 0.717) is 19.3 Å². The molecule has 1 radical (unpaired) electrons. The van der Waals surface area contributed by atoms with Crippen LogP contribution in [-0.2, 0) is 5.21 Å². The van der Waals surface area contributed by atoms with Crippen LogP contribution in [-0.4, -0.2) is 33.1 Å². The maximum atomic E-state index is 13.7. The number of nitrogens with zero attached hydrogens (tertiary/aromatic N) is 4. The number of guanidine groups is 1. The Bertz CT molecular complexity index is 682. The van der Waals surface area contributed by atoms with Crippen LogP contribution in [0.25, 0.3) is 0 Å². The normalized spacial score (nSPS) is 23.4. The molecule has 0 bridgehead atoms. The highest BCUT2D eigenvalue weighted by molar-refractivity contribution is 5.94. The number of hydroxylamine groups is 2. The molecule has 2 N–H and O–H groups in total. The Morgan fingerprint density at radius 3 is 2.80 bits per heavy atom. The van der Waals surface area contributed by atoms with E-state index in [4.69, 9.17) is 5.26 Å². The summed E-state index contributed by atoms with van der Waals surface area (Å²) in [5.41, 5.74) is -0.951. The van der Waals surface area contributed by atoms with Crippen molar-refractivity contribution in [1.29, 1.82) is 5.26 Å². The summed E-state index contributed by atoms with van der Waals surface area (Å²) >= 11 is 0. The van der Waals surface area contributed by atoms with Gasteiger partial charge in [0.15, 0.2) is 6.19 Å². The average molecular weight is 347 g/mol. The molecule has 1 saturated heterocycles. The zero-order valence-electron chi connectivity index (χ0n) is 15.0. The van der Waals surface area contributed by atoms with Crippen LogP contribution in [0.1, 0.15) is 47.0 Å². The minimum absolute atomic E-state index is 0.127. The monoisotopic (exact) mass is 347 g/mol. The van der Waals surface area contributed by atoms with Gasteiger partial charge in [0.2, 0.25) is 11.9 Å². The number of anilines is 1. The number of pyridine rings is 1. The summed E-state index contributed by atoms with van der Waals surface area (Å²) in [6, 6.07) is 2.93. The third-order valence-electron chi connectivity index (χ3n) is 4.42. The van der Waals surface area contributed by atoms with E-state index in [9.17, 15) is 9.60 Å². The third kappa shape index (κ3) is 4.65. The summed E-state index contributed by atoms with van der Waals surface area (Å²) in [5, 5.41) is 27.9. The SMILES string of the molecule is CC1(C)CCC(N=C(NC#N)Nc2cccnc2F)CC(C)(C)N1[O]. The summed E-state index contributed by atoms with van der Waals surface area (Å²) in [6.45, 7) is 7.62. The molecule has 1 fully saturated rings. The maximum Gasteiger partial charge on any atom is 0.236 e. The Morgan fingerprint density at radius 1 is 1.44 bits per heavy atom. The van der Waals surface area contributed by atoms with Crippen molar-refractivity contribution >= 4 is 11.6 Å². The Labute approximate surface area is 147 Å². The second-order valence-corrected chi connectivity index (χ2v) is 7.50. The van der Waals surface area contributed by atoms with Crippen molar-refractivity contribution in [2.75, 3.05) is 5.32 Å². The highest BCUT2D eigenvalue weighted by Crippen LogP contribution is 2.36. The summed E-state index contributed by atoms with van der Waals surface area (Å²) < 4.78 is 13.7. The lowest BCUT2D eigenvalue weighted by atomic mass is 9.94. The molecule has 25 heavy (non-hydrogen) atoms. The average Bonchev–Trinajstić information content (AvgIpc) is 2.60. The molecule has 1 atom stereocenters. The second-order valence-electron chi connectivity index (χ2n) is 7.50. The largest absolute Gasteiger partial charge is 0.322 e. The molecule has 0 amide bonds. The molecule has 7 nitrogen and oxygen atoms in total. The van der Waals surface area contributed by atoms with E-state index in [2.05, 4.69) is 20.6 Å². The lowest BCUT2D eigenvalue weighted by molar-refractivity contribution is -0.269. The lowest BCUT2D eigenvalue weighted by Gasteiger charge is -2.39. The Balaban J connectivity index is 2.24. The summed E-state index contributed by atoms with van der Waals surface area (Å²) in [5.74, 6) is -0.532. The zero-order valence-corrected chi connectivity index (χ0v) is 15.0. The Morgan fingerprint density at radius 2 is 2.16 bits per heavy atom. The molecule has 1 aliphatic rings. The molecule has 0 aliphatic carbocycles. The molecule has 1 aromatic heterocycles. The molecule has 1 aliphatic heterocycles. The minimum atomic E-state index is -0.678. The van der Waals surface area contributed by atoms with Crippen molar-refractivity contribution in [2.45, 2.75) is 64.1 Å². The number of nitrogens with one attached hydrogen (secondary N) is 2. The predicted molar refractivity (Wildman–Crippen MR) is 92.3 cm³/mol. The molecular weight excluding hydrogens is 323 g/mol. The van der Waals surface area contributed by atoms with E-state index in [0.717, 1.165) is 5.06 Å². The number of nitriles is 1. The van der Waals surface area contributed by atoms with Gasteiger partial charge in [-0.25, -0.2) is 9.98 Å². The van der Waals surface area contributed by atoms with Gasteiger partial charge in [-0.3, -0.25) is 5.32 Å². The first-order valence-electron chi connectivity index (χ1n) is 8.23. The van der Waals surface area contributed by atoms with E-state index >= 15 is 0 Å². The number of aromatic nitrogens is 1. The van der Waals surface area contributed by atoms with Gasteiger partial charge >= 0.3 is 0 Å². The van der Waals surface area contributed by atoms with Crippen LogP contribution >= 0.6 is 0 Å². The van der Waals surface area contributed by atoms with E-state index in [-0.39, 0.29) is 17.7 Å². The minimum Gasteiger partial charge on any atom is -0.322 e.